The highest BCUT2D eigenvalue weighted by atomic mass is 16.7. The molecule has 6 nitrogen and oxygen atoms in total. The van der Waals surface area contributed by atoms with Gasteiger partial charge in [0.15, 0.2) is 0 Å². The van der Waals surface area contributed by atoms with E-state index in [0.29, 0.717) is 0 Å². The summed E-state index contributed by atoms with van der Waals surface area (Å²) >= 11 is 0. The molecule has 3 heterocycles. The van der Waals surface area contributed by atoms with Crippen molar-refractivity contribution in [2.45, 2.75) is 66.6 Å². The Morgan fingerprint density at radius 1 is 1.00 bits per heavy atom. The number of H-pyrrole nitrogens is 1. The fourth-order valence-corrected chi connectivity index (χ4v) is 2.82. The van der Waals surface area contributed by atoms with E-state index in [0.717, 1.165) is 22.1 Å². The third-order valence-corrected chi connectivity index (χ3v) is 4.88. The molecule has 0 bridgehead atoms. The van der Waals surface area contributed by atoms with Crippen molar-refractivity contribution in [3.05, 3.63) is 36.8 Å². The molecule has 1 N–H and O–H groups in total. The summed E-state index contributed by atoms with van der Waals surface area (Å²) in [7, 11) is -0.422. The lowest BCUT2D eigenvalue weighted by Crippen LogP contribution is -2.41. The van der Waals surface area contributed by atoms with Crippen LogP contribution in [0.15, 0.2) is 36.8 Å². The monoisotopic (exact) mass is 370 g/mol. The van der Waals surface area contributed by atoms with Gasteiger partial charge >= 0.3 is 7.12 Å². The Bertz CT molecular complexity index is 840. The van der Waals surface area contributed by atoms with Gasteiger partial charge in [0.2, 0.25) is 0 Å². The molecule has 7 heteroatoms. The fourth-order valence-electron chi connectivity index (χ4n) is 2.82. The number of rotatable bonds is 2. The van der Waals surface area contributed by atoms with E-state index in [-0.39, 0.29) is 11.2 Å². The highest BCUT2D eigenvalue weighted by molar-refractivity contribution is 6.65. The molecule has 1 aromatic carbocycles. The molecular weight excluding hydrogens is 339 g/mol. The van der Waals surface area contributed by atoms with Gasteiger partial charge < -0.3 is 9.31 Å². The Labute approximate surface area is 162 Å². The van der Waals surface area contributed by atoms with Gasteiger partial charge in [0.05, 0.1) is 28.6 Å². The van der Waals surface area contributed by atoms with Gasteiger partial charge in [-0.05, 0) is 39.8 Å². The van der Waals surface area contributed by atoms with Gasteiger partial charge in [-0.2, -0.15) is 10.2 Å². The molecule has 0 saturated carbocycles. The number of fused-ring (bicyclic) bond motifs is 1. The molecule has 0 spiro atoms. The number of benzene rings is 1. The summed E-state index contributed by atoms with van der Waals surface area (Å²) < 4.78 is 14.2. The summed E-state index contributed by atoms with van der Waals surface area (Å²) in [6.45, 7) is 16.2. The van der Waals surface area contributed by atoms with Crippen LogP contribution in [0, 0.1) is 0 Å². The van der Waals surface area contributed by atoms with Crippen LogP contribution in [0.25, 0.3) is 16.6 Å². The molecule has 3 aromatic rings. The van der Waals surface area contributed by atoms with Crippen LogP contribution in [0.3, 0.4) is 0 Å². The SMILES string of the molecule is CC.CC.CC1(C)OB(c2ccc(-n3cccn3)c3cn[nH]c23)OC1(C)C. The van der Waals surface area contributed by atoms with Crippen LogP contribution in [0.2, 0.25) is 0 Å². The lowest BCUT2D eigenvalue weighted by atomic mass is 9.77. The van der Waals surface area contributed by atoms with Crippen molar-refractivity contribution < 1.29 is 9.31 Å². The van der Waals surface area contributed by atoms with Gasteiger partial charge in [0, 0.05) is 23.2 Å². The third kappa shape index (κ3) is 3.80. The zero-order valence-corrected chi connectivity index (χ0v) is 17.7. The molecule has 4 rings (SSSR count). The van der Waals surface area contributed by atoms with Crippen LogP contribution in [-0.2, 0) is 9.31 Å². The predicted molar refractivity (Wildman–Crippen MR) is 112 cm³/mol. The molecule has 0 radical (unpaired) electrons. The van der Waals surface area contributed by atoms with E-state index in [1.807, 2.05) is 56.8 Å². The van der Waals surface area contributed by atoms with Gasteiger partial charge in [-0.15, -0.1) is 0 Å². The Hall–Kier alpha value is -2.12. The lowest BCUT2D eigenvalue weighted by molar-refractivity contribution is 0.00578. The van der Waals surface area contributed by atoms with E-state index in [4.69, 9.17) is 9.31 Å². The maximum Gasteiger partial charge on any atom is 0.497 e. The normalized spacial score (nSPS) is 17.1. The van der Waals surface area contributed by atoms with Crippen LogP contribution in [-0.4, -0.2) is 38.3 Å². The molecule has 0 amide bonds. The number of aromatic nitrogens is 4. The molecule has 1 aliphatic rings. The molecule has 2 aromatic heterocycles. The maximum atomic E-state index is 6.17. The van der Waals surface area contributed by atoms with E-state index < -0.39 is 7.12 Å². The van der Waals surface area contributed by atoms with Crippen molar-refractivity contribution >= 4 is 23.5 Å². The first-order valence-electron chi connectivity index (χ1n) is 9.71. The van der Waals surface area contributed by atoms with E-state index in [2.05, 4.69) is 43.0 Å². The molecule has 0 unspecified atom stereocenters. The van der Waals surface area contributed by atoms with Crippen LogP contribution >= 0.6 is 0 Å². The van der Waals surface area contributed by atoms with Gasteiger partial charge in [-0.25, -0.2) is 4.68 Å². The molecule has 146 valence electrons. The smallest absolute Gasteiger partial charge is 0.399 e. The quantitative estimate of drug-likeness (QED) is 0.690. The molecular formula is C20H31BN4O2. The van der Waals surface area contributed by atoms with Gasteiger partial charge in [-0.1, -0.05) is 33.8 Å². The zero-order chi connectivity index (χ0) is 20.2. The molecule has 1 saturated heterocycles. The van der Waals surface area contributed by atoms with Crippen LogP contribution < -0.4 is 5.46 Å². The standard InChI is InChI=1S/C16H19BN4O2.2C2H6/c1-15(2)16(3,4)23-17(22-15)12-6-7-13(21-9-5-8-19-21)11-10-18-20-14(11)12;2*1-2/h5-10H,1-4H3,(H,18,20);2*1-2H3. The number of nitrogens with zero attached hydrogens (tertiary/aromatic N) is 3. The van der Waals surface area contributed by atoms with Crippen molar-refractivity contribution in [2.24, 2.45) is 0 Å². The third-order valence-electron chi connectivity index (χ3n) is 4.88. The highest BCUT2D eigenvalue weighted by Gasteiger charge is 2.52. The maximum absolute atomic E-state index is 6.17. The average molecular weight is 370 g/mol. The minimum absolute atomic E-state index is 0.370. The Morgan fingerprint density at radius 2 is 1.63 bits per heavy atom. The van der Waals surface area contributed by atoms with Crippen molar-refractivity contribution in [1.29, 1.82) is 0 Å². The summed E-state index contributed by atoms with van der Waals surface area (Å²) in [6, 6.07) is 5.93. The molecule has 0 atom stereocenters. The summed E-state index contributed by atoms with van der Waals surface area (Å²) in [5.74, 6) is 0. The summed E-state index contributed by atoms with van der Waals surface area (Å²) in [5.41, 5.74) is 2.09. The van der Waals surface area contributed by atoms with Crippen LogP contribution in [0.5, 0.6) is 0 Å². The second-order valence-electron chi connectivity index (χ2n) is 6.87. The van der Waals surface area contributed by atoms with Crippen molar-refractivity contribution in [1.82, 2.24) is 20.0 Å². The number of nitrogens with one attached hydrogen (secondary N) is 1. The van der Waals surface area contributed by atoms with Crippen LogP contribution in [0.1, 0.15) is 55.4 Å². The number of hydrogen-bond acceptors (Lipinski definition) is 4. The molecule has 1 fully saturated rings. The Balaban J connectivity index is 0.000000614. The summed E-state index contributed by atoms with van der Waals surface area (Å²) in [6.07, 6.45) is 5.48. The first-order valence-corrected chi connectivity index (χ1v) is 9.71. The first kappa shape index (κ1) is 21.2. The van der Waals surface area contributed by atoms with Gasteiger partial charge in [0.25, 0.3) is 0 Å². The molecule has 1 aliphatic heterocycles. The average Bonchev–Trinajstić information content (AvgIpc) is 3.38. The van der Waals surface area contributed by atoms with Gasteiger partial charge in [-0.3, -0.25) is 5.10 Å². The van der Waals surface area contributed by atoms with E-state index >= 15 is 0 Å². The minimum Gasteiger partial charge on any atom is -0.399 e. The van der Waals surface area contributed by atoms with E-state index in [9.17, 15) is 0 Å². The topological polar surface area (TPSA) is 65.0 Å². The number of aromatic amines is 1. The zero-order valence-electron chi connectivity index (χ0n) is 17.7. The second-order valence-corrected chi connectivity index (χ2v) is 6.87. The molecule has 0 aliphatic carbocycles. The summed E-state index contributed by atoms with van der Waals surface area (Å²) in [4.78, 5) is 0. The van der Waals surface area contributed by atoms with Crippen molar-refractivity contribution in [3.8, 4) is 5.69 Å². The van der Waals surface area contributed by atoms with Crippen LogP contribution in [0.4, 0.5) is 0 Å². The van der Waals surface area contributed by atoms with Crippen molar-refractivity contribution in [2.75, 3.05) is 0 Å². The van der Waals surface area contributed by atoms with E-state index in [1.165, 1.54) is 0 Å². The Kier molecular flexibility index (Phi) is 6.49. The Morgan fingerprint density at radius 3 is 2.19 bits per heavy atom. The lowest BCUT2D eigenvalue weighted by Gasteiger charge is -2.32. The van der Waals surface area contributed by atoms with E-state index in [1.54, 1.807) is 12.4 Å². The fraction of sp³-hybridized carbons (Fsp3) is 0.500. The largest absolute Gasteiger partial charge is 0.497 e. The second kappa shape index (κ2) is 8.27. The van der Waals surface area contributed by atoms with Gasteiger partial charge in [0.1, 0.15) is 0 Å². The highest BCUT2D eigenvalue weighted by Crippen LogP contribution is 2.37. The number of hydrogen-bond donors (Lipinski definition) is 1. The van der Waals surface area contributed by atoms with Crippen molar-refractivity contribution in [3.63, 3.8) is 0 Å². The molecule has 27 heavy (non-hydrogen) atoms. The summed E-state index contributed by atoms with van der Waals surface area (Å²) in [5, 5.41) is 12.6. The minimum atomic E-state index is -0.422. The first-order chi connectivity index (χ1) is 12.9. The predicted octanol–water partition coefficient (Wildman–Crippen LogP) is 4.10.